The summed E-state index contributed by atoms with van der Waals surface area (Å²) in [6.45, 7) is 9.93. The van der Waals surface area contributed by atoms with E-state index >= 15 is 0 Å². The minimum Gasteiger partial charge on any atom is -0.0622 e. The molecule has 0 heterocycles. The second kappa shape index (κ2) is 3.87. The first-order chi connectivity index (χ1) is 6.61. The van der Waals surface area contributed by atoms with Crippen LogP contribution in [0.4, 0.5) is 0 Å². The van der Waals surface area contributed by atoms with Gasteiger partial charge in [-0.15, -0.1) is 0 Å². The van der Waals surface area contributed by atoms with Crippen molar-refractivity contribution in [1.29, 1.82) is 0 Å². The Morgan fingerprint density at radius 2 is 0.929 bits per heavy atom. The first-order valence-electron chi connectivity index (χ1n) is 6.61. The lowest BCUT2D eigenvalue weighted by atomic mass is 9.57. The Hall–Kier alpha value is 0. The number of rotatable bonds is 0. The van der Waals surface area contributed by atoms with Crippen LogP contribution in [0.15, 0.2) is 0 Å². The van der Waals surface area contributed by atoms with Crippen LogP contribution in [0, 0.1) is 35.5 Å². The molecule has 0 bridgehead atoms. The fourth-order valence-corrected chi connectivity index (χ4v) is 4.01. The molecule has 0 saturated heterocycles. The molecule has 14 heavy (non-hydrogen) atoms. The second-order valence-electron chi connectivity index (χ2n) is 6.16. The second-order valence-corrected chi connectivity index (χ2v) is 6.16. The Kier molecular flexibility index (Phi) is 2.91. The van der Waals surface area contributed by atoms with Crippen LogP contribution in [-0.2, 0) is 0 Å². The molecule has 4 unspecified atom stereocenters. The summed E-state index contributed by atoms with van der Waals surface area (Å²) in [4.78, 5) is 0. The zero-order chi connectivity index (χ0) is 10.3. The summed E-state index contributed by atoms with van der Waals surface area (Å²) in [5.74, 6) is 6.07. The van der Waals surface area contributed by atoms with Crippen molar-refractivity contribution in [2.45, 2.75) is 53.4 Å². The smallest absolute Gasteiger partial charge is 0.0355 e. The molecule has 0 heteroatoms. The van der Waals surface area contributed by atoms with Gasteiger partial charge in [0.25, 0.3) is 0 Å². The van der Waals surface area contributed by atoms with Gasteiger partial charge in [0.1, 0.15) is 0 Å². The van der Waals surface area contributed by atoms with E-state index < -0.39 is 0 Å². The van der Waals surface area contributed by atoms with Gasteiger partial charge in [-0.25, -0.2) is 0 Å². The predicted octanol–water partition coefficient (Wildman–Crippen LogP) is 4.35. The highest BCUT2D eigenvalue weighted by Crippen LogP contribution is 2.49. The van der Waals surface area contributed by atoms with E-state index in [1.807, 2.05) is 0 Å². The molecule has 2 fully saturated rings. The van der Waals surface area contributed by atoms with Gasteiger partial charge in [-0.2, -0.15) is 0 Å². The lowest BCUT2D eigenvalue weighted by Gasteiger charge is -2.48. The van der Waals surface area contributed by atoms with Crippen LogP contribution >= 0.6 is 0 Å². The molecule has 0 radical (unpaired) electrons. The molecular formula is C14H26. The zero-order valence-corrected chi connectivity index (χ0v) is 10.3. The van der Waals surface area contributed by atoms with Gasteiger partial charge in [0, 0.05) is 0 Å². The fourth-order valence-electron chi connectivity index (χ4n) is 4.01. The quantitative estimate of drug-likeness (QED) is 0.538. The topological polar surface area (TPSA) is 0 Å². The molecule has 0 aliphatic heterocycles. The van der Waals surface area contributed by atoms with Gasteiger partial charge < -0.3 is 0 Å². The average molecular weight is 194 g/mol. The maximum atomic E-state index is 2.50. The molecular weight excluding hydrogens is 168 g/mol. The minimum atomic E-state index is 0.983. The van der Waals surface area contributed by atoms with E-state index in [1.54, 1.807) is 0 Å². The van der Waals surface area contributed by atoms with E-state index in [0.29, 0.717) is 0 Å². The zero-order valence-electron chi connectivity index (χ0n) is 10.3. The molecule has 0 N–H and O–H groups in total. The van der Waals surface area contributed by atoms with Crippen molar-refractivity contribution in [3.05, 3.63) is 0 Å². The number of hydrogen-bond acceptors (Lipinski definition) is 0. The maximum absolute atomic E-state index is 2.50. The minimum absolute atomic E-state index is 0.983. The standard InChI is InChI=1S/C14H26/c1-9-5-7-14-12(4)10(2)6-8-13(14)11(9)3/h9-14H,5-8H2,1-4H3/t9-,10?,11?,12-,13?,14?/m0/s1. The molecule has 6 atom stereocenters. The van der Waals surface area contributed by atoms with E-state index in [0.717, 1.165) is 35.5 Å². The summed E-state index contributed by atoms with van der Waals surface area (Å²) in [5.41, 5.74) is 0. The van der Waals surface area contributed by atoms with Crippen molar-refractivity contribution >= 4 is 0 Å². The van der Waals surface area contributed by atoms with Crippen LogP contribution in [0.2, 0.25) is 0 Å². The van der Waals surface area contributed by atoms with Crippen LogP contribution < -0.4 is 0 Å². The predicted molar refractivity (Wildman–Crippen MR) is 62.1 cm³/mol. The molecule has 0 nitrogen and oxygen atoms in total. The Balaban J connectivity index is 2.10. The molecule has 2 aliphatic rings. The molecule has 82 valence electrons. The van der Waals surface area contributed by atoms with Gasteiger partial charge in [0.05, 0.1) is 0 Å². The Bertz CT molecular complexity index is 174. The summed E-state index contributed by atoms with van der Waals surface area (Å²) >= 11 is 0. The fraction of sp³-hybridized carbons (Fsp3) is 1.00. The summed E-state index contributed by atoms with van der Waals surface area (Å²) < 4.78 is 0. The normalized spacial score (nSPS) is 54.0. The van der Waals surface area contributed by atoms with Crippen LogP contribution in [0.3, 0.4) is 0 Å². The highest BCUT2D eigenvalue weighted by molar-refractivity contribution is 4.90. The molecule has 2 saturated carbocycles. The van der Waals surface area contributed by atoms with E-state index in [9.17, 15) is 0 Å². The van der Waals surface area contributed by atoms with Crippen LogP contribution in [0.25, 0.3) is 0 Å². The number of fused-ring (bicyclic) bond motifs is 1. The molecule has 2 rings (SSSR count). The van der Waals surface area contributed by atoms with Crippen molar-refractivity contribution in [2.24, 2.45) is 35.5 Å². The van der Waals surface area contributed by atoms with Gasteiger partial charge in [0.15, 0.2) is 0 Å². The number of hydrogen-bond donors (Lipinski definition) is 0. The monoisotopic (exact) mass is 194 g/mol. The Labute approximate surface area is 89.5 Å². The van der Waals surface area contributed by atoms with Gasteiger partial charge in [-0.05, 0) is 48.3 Å². The highest BCUT2D eigenvalue weighted by Gasteiger charge is 2.41. The molecule has 0 aromatic rings. The van der Waals surface area contributed by atoms with Crippen molar-refractivity contribution in [3.63, 3.8) is 0 Å². The van der Waals surface area contributed by atoms with E-state index in [1.165, 1.54) is 25.7 Å². The first kappa shape index (κ1) is 10.5. The third-order valence-corrected chi connectivity index (χ3v) is 5.61. The van der Waals surface area contributed by atoms with Crippen LogP contribution in [0.1, 0.15) is 53.4 Å². The highest BCUT2D eigenvalue weighted by atomic mass is 14.5. The first-order valence-corrected chi connectivity index (χ1v) is 6.61. The van der Waals surface area contributed by atoms with E-state index in [4.69, 9.17) is 0 Å². The van der Waals surface area contributed by atoms with Crippen molar-refractivity contribution < 1.29 is 0 Å². The van der Waals surface area contributed by atoms with E-state index in [-0.39, 0.29) is 0 Å². The molecule has 0 amide bonds. The van der Waals surface area contributed by atoms with Crippen molar-refractivity contribution in [1.82, 2.24) is 0 Å². The van der Waals surface area contributed by atoms with Crippen molar-refractivity contribution in [3.8, 4) is 0 Å². The molecule has 0 aromatic heterocycles. The summed E-state index contributed by atoms with van der Waals surface area (Å²) in [7, 11) is 0. The van der Waals surface area contributed by atoms with Crippen molar-refractivity contribution in [2.75, 3.05) is 0 Å². The van der Waals surface area contributed by atoms with Gasteiger partial charge in [-0.1, -0.05) is 40.5 Å². The summed E-state index contributed by atoms with van der Waals surface area (Å²) in [6, 6.07) is 0. The third kappa shape index (κ3) is 1.61. The summed E-state index contributed by atoms with van der Waals surface area (Å²) in [5, 5.41) is 0. The van der Waals surface area contributed by atoms with Crippen LogP contribution in [0.5, 0.6) is 0 Å². The SMILES string of the molecule is CC1CCC2C(CC[C@H](C)C2C)[C@H]1C. The van der Waals surface area contributed by atoms with Gasteiger partial charge in [-0.3, -0.25) is 0 Å². The lowest BCUT2D eigenvalue weighted by molar-refractivity contribution is 0.0119. The Morgan fingerprint density at radius 1 is 0.571 bits per heavy atom. The Morgan fingerprint density at radius 3 is 1.29 bits per heavy atom. The lowest BCUT2D eigenvalue weighted by Crippen LogP contribution is -2.40. The molecule has 2 aliphatic carbocycles. The molecule has 0 spiro atoms. The third-order valence-electron chi connectivity index (χ3n) is 5.61. The average Bonchev–Trinajstić information content (AvgIpc) is 2.17. The van der Waals surface area contributed by atoms with Crippen LogP contribution in [-0.4, -0.2) is 0 Å². The van der Waals surface area contributed by atoms with E-state index in [2.05, 4.69) is 27.7 Å². The summed E-state index contributed by atoms with van der Waals surface area (Å²) in [6.07, 6.45) is 6.00. The van der Waals surface area contributed by atoms with Gasteiger partial charge in [0.2, 0.25) is 0 Å². The van der Waals surface area contributed by atoms with Gasteiger partial charge >= 0.3 is 0 Å². The largest absolute Gasteiger partial charge is 0.0622 e. The maximum Gasteiger partial charge on any atom is -0.0355 e. The molecule has 0 aromatic carbocycles.